The number of aromatic nitrogens is 2. The third-order valence-corrected chi connectivity index (χ3v) is 10.0. The smallest absolute Gasteiger partial charge is 0.236 e. The van der Waals surface area contributed by atoms with Crippen molar-refractivity contribution in [1.29, 1.82) is 0 Å². The summed E-state index contributed by atoms with van der Waals surface area (Å²) in [7, 11) is 5.57. The van der Waals surface area contributed by atoms with E-state index in [-0.39, 0.29) is 24.3 Å². The SMILES string of the molecule is COc1cc2c(cc1OC(C)C)[C@H](c1ccc(Cl)cc1)N(c1ncc(N(C)CC3CCC(N4CCN(C)C(=O)C4)CC3)cn1)C(=O)C2. The zero-order valence-corrected chi connectivity index (χ0v) is 28.7. The van der Waals surface area contributed by atoms with Gasteiger partial charge in [0.25, 0.3) is 0 Å². The highest BCUT2D eigenvalue weighted by atomic mass is 35.5. The quantitative estimate of drug-likeness (QED) is 0.303. The molecule has 10 nitrogen and oxygen atoms in total. The summed E-state index contributed by atoms with van der Waals surface area (Å²) in [6.07, 6.45) is 8.26. The first kappa shape index (κ1) is 33.0. The second-order valence-corrected chi connectivity index (χ2v) is 13.8. The molecule has 0 spiro atoms. The number of nitrogens with zero attached hydrogens (tertiary/aromatic N) is 6. The van der Waals surface area contributed by atoms with E-state index in [1.807, 2.05) is 74.6 Å². The van der Waals surface area contributed by atoms with Crippen LogP contribution in [0.3, 0.4) is 0 Å². The van der Waals surface area contributed by atoms with Gasteiger partial charge in [0.1, 0.15) is 0 Å². The minimum atomic E-state index is -0.474. The first-order valence-corrected chi connectivity index (χ1v) is 16.9. The monoisotopic (exact) mass is 660 g/mol. The van der Waals surface area contributed by atoms with Crippen molar-refractivity contribution in [3.05, 3.63) is 70.5 Å². The molecule has 3 heterocycles. The Hall–Kier alpha value is -3.89. The van der Waals surface area contributed by atoms with Crippen LogP contribution in [0.25, 0.3) is 0 Å². The summed E-state index contributed by atoms with van der Waals surface area (Å²) in [6, 6.07) is 11.4. The van der Waals surface area contributed by atoms with Gasteiger partial charge in [0.15, 0.2) is 11.5 Å². The molecule has 1 aliphatic carbocycles. The van der Waals surface area contributed by atoms with Gasteiger partial charge in [0, 0.05) is 44.8 Å². The number of hydrogen-bond donors (Lipinski definition) is 0. The van der Waals surface area contributed by atoms with Crippen molar-refractivity contribution in [3.63, 3.8) is 0 Å². The fourth-order valence-corrected chi connectivity index (χ4v) is 7.30. The molecular weight excluding hydrogens is 616 g/mol. The van der Waals surface area contributed by atoms with Crippen LogP contribution >= 0.6 is 11.6 Å². The summed E-state index contributed by atoms with van der Waals surface area (Å²) in [4.78, 5) is 43.7. The van der Waals surface area contributed by atoms with Crippen LogP contribution in [0, 0.1) is 5.92 Å². The van der Waals surface area contributed by atoms with Crippen LogP contribution in [0.15, 0.2) is 48.8 Å². The lowest BCUT2D eigenvalue weighted by Gasteiger charge is -2.41. The minimum Gasteiger partial charge on any atom is -0.493 e. The fourth-order valence-electron chi connectivity index (χ4n) is 7.17. The number of halogens is 1. The van der Waals surface area contributed by atoms with E-state index in [1.165, 1.54) is 0 Å². The van der Waals surface area contributed by atoms with E-state index < -0.39 is 6.04 Å². The van der Waals surface area contributed by atoms with Gasteiger partial charge in [-0.1, -0.05) is 23.7 Å². The number of benzene rings is 2. The normalized spacial score (nSPS) is 22.0. The molecule has 0 bridgehead atoms. The zero-order chi connectivity index (χ0) is 33.2. The van der Waals surface area contributed by atoms with Crippen molar-refractivity contribution in [2.24, 2.45) is 5.92 Å². The molecule has 3 aromatic rings. The van der Waals surface area contributed by atoms with Crippen molar-refractivity contribution in [2.75, 3.05) is 57.2 Å². The molecule has 0 unspecified atom stereocenters. The van der Waals surface area contributed by atoms with Gasteiger partial charge in [-0.25, -0.2) is 9.97 Å². The first-order chi connectivity index (χ1) is 22.6. The molecule has 250 valence electrons. The molecule has 47 heavy (non-hydrogen) atoms. The molecule has 1 saturated carbocycles. The maximum absolute atomic E-state index is 13.8. The summed E-state index contributed by atoms with van der Waals surface area (Å²) >= 11 is 6.26. The van der Waals surface area contributed by atoms with E-state index in [2.05, 4.69) is 16.8 Å². The third-order valence-electron chi connectivity index (χ3n) is 9.77. The summed E-state index contributed by atoms with van der Waals surface area (Å²) in [5.41, 5.74) is 3.62. The van der Waals surface area contributed by atoms with Gasteiger partial charge in [-0.2, -0.15) is 0 Å². The maximum Gasteiger partial charge on any atom is 0.236 e. The molecular formula is C36H45ClN6O4. The summed E-state index contributed by atoms with van der Waals surface area (Å²) in [5.74, 6) is 2.26. The molecule has 2 amide bonds. The lowest BCUT2D eigenvalue weighted by molar-refractivity contribution is -0.135. The Balaban J connectivity index is 1.19. The van der Waals surface area contributed by atoms with Gasteiger partial charge < -0.3 is 19.3 Å². The number of methoxy groups -OCH3 is 1. The summed E-state index contributed by atoms with van der Waals surface area (Å²) < 4.78 is 11.8. The zero-order valence-electron chi connectivity index (χ0n) is 28.0. The van der Waals surface area contributed by atoms with Gasteiger partial charge in [-0.05, 0) is 86.4 Å². The second-order valence-electron chi connectivity index (χ2n) is 13.3. The Labute approximate surface area is 282 Å². The number of carbonyl (C=O) groups excluding carboxylic acids is 2. The van der Waals surface area contributed by atoms with Gasteiger partial charge in [-0.15, -0.1) is 0 Å². The molecule has 6 rings (SSSR count). The Morgan fingerprint density at radius 3 is 2.32 bits per heavy atom. The van der Waals surface area contributed by atoms with Crippen LogP contribution in [0.5, 0.6) is 11.5 Å². The van der Waals surface area contributed by atoms with Gasteiger partial charge in [0.05, 0.1) is 50.3 Å². The predicted octanol–water partition coefficient (Wildman–Crippen LogP) is 5.37. The van der Waals surface area contributed by atoms with Crippen LogP contribution < -0.4 is 19.3 Å². The molecule has 2 aliphatic heterocycles. The molecule has 0 radical (unpaired) electrons. The average molecular weight is 661 g/mol. The topological polar surface area (TPSA) is 91.3 Å². The molecule has 11 heteroatoms. The Kier molecular flexibility index (Phi) is 9.89. The maximum atomic E-state index is 13.8. The van der Waals surface area contributed by atoms with Crippen LogP contribution in [-0.4, -0.2) is 91.1 Å². The van der Waals surface area contributed by atoms with E-state index in [0.717, 1.165) is 67.7 Å². The molecule has 1 aromatic heterocycles. The van der Waals surface area contributed by atoms with Crippen LogP contribution in [-0.2, 0) is 16.0 Å². The highest BCUT2D eigenvalue weighted by Gasteiger charge is 2.38. The number of ether oxygens (including phenoxy) is 2. The van der Waals surface area contributed by atoms with E-state index >= 15 is 0 Å². The lowest BCUT2D eigenvalue weighted by atomic mass is 9.84. The molecule has 2 fully saturated rings. The second kappa shape index (κ2) is 14.1. The van der Waals surface area contributed by atoms with Crippen LogP contribution in [0.4, 0.5) is 11.6 Å². The Morgan fingerprint density at radius 2 is 1.68 bits per heavy atom. The number of anilines is 2. The highest BCUT2D eigenvalue weighted by molar-refractivity contribution is 6.30. The number of rotatable bonds is 9. The molecule has 3 aliphatic rings. The molecule has 1 atom stereocenters. The van der Waals surface area contributed by atoms with Crippen LogP contribution in [0.1, 0.15) is 62.3 Å². The van der Waals surface area contributed by atoms with Gasteiger partial charge in [-0.3, -0.25) is 19.4 Å². The first-order valence-electron chi connectivity index (χ1n) is 16.6. The van der Waals surface area contributed by atoms with Crippen molar-refractivity contribution in [2.45, 2.75) is 64.1 Å². The number of carbonyl (C=O) groups is 2. The number of fused-ring (bicyclic) bond motifs is 1. The summed E-state index contributed by atoms with van der Waals surface area (Å²) in [5, 5.41) is 0.618. The standard InChI is InChI=1S/C36H45ClN6O4/c1-23(2)47-32-18-30-26(16-31(32)46-5)17-33(44)43(35(30)25-8-10-27(37)11-9-25)36-38-19-29(20-39-36)41(4)21-24-6-12-28(13-7-24)42-15-14-40(3)34(45)22-42/h8-11,16,18-20,23-24,28,35H,6-7,12-15,17,21-22H2,1-5H3/t24?,28?,35-/m0/s1. The lowest BCUT2D eigenvalue weighted by Crippen LogP contribution is -2.53. The van der Waals surface area contributed by atoms with Crippen molar-refractivity contribution >= 4 is 35.1 Å². The molecule has 1 saturated heterocycles. The predicted molar refractivity (Wildman–Crippen MR) is 184 cm³/mol. The summed E-state index contributed by atoms with van der Waals surface area (Å²) in [6.45, 7) is 7.17. The fraction of sp³-hybridized carbons (Fsp3) is 0.500. The van der Waals surface area contributed by atoms with Gasteiger partial charge >= 0.3 is 0 Å². The average Bonchev–Trinajstić information content (AvgIpc) is 3.06. The van der Waals surface area contributed by atoms with Crippen molar-refractivity contribution in [3.8, 4) is 11.5 Å². The van der Waals surface area contributed by atoms with E-state index in [1.54, 1.807) is 12.0 Å². The highest BCUT2D eigenvalue weighted by Crippen LogP contribution is 2.43. The molecule has 2 aromatic carbocycles. The Bertz CT molecular complexity index is 1580. The van der Waals surface area contributed by atoms with Crippen molar-refractivity contribution < 1.29 is 19.1 Å². The number of amides is 2. The minimum absolute atomic E-state index is 0.0530. The van der Waals surface area contributed by atoms with Crippen LogP contribution in [0.2, 0.25) is 5.02 Å². The number of likely N-dealkylation sites (N-methyl/N-ethyl adjacent to an activating group) is 1. The van der Waals surface area contributed by atoms with E-state index in [4.69, 9.17) is 31.0 Å². The molecule has 0 N–H and O–H groups in total. The van der Waals surface area contributed by atoms with Gasteiger partial charge in [0.2, 0.25) is 17.8 Å². The van der Waals surface area contributed by atoms with E-state index in [9.17, 15) is 9.59 Å². The Morgan fingerprint density at radius 1 is 0.979 bits per heavy atom. The number of hydrogen-bond acceptors (Lipinski definition) is 8. The van der Waals surface area contributed by atoms with Crippen molar-refractivity contribution in [1.82, 2.24) is 19.8 Å². The third kappa shape index (κ3) is 7.18. The number of piperazine rings is 1. The largest absolute Gasteiger partial charge is 0.493 e. The van der Waals surface area contributed by atoms with E-state index in [0.29, 0.717) is 41.0 Å².